The van der Waals surface area contributed by atoms with Crippen LogP contribution in [0.4, 0.5) is 4.39 Å². The van der Waals surface area contributed by atoms with Crippen LogP contribution < -0.4 is 0 Å². The summed E-state index contributed by atoms with van der Waals surface area (Å²) >= 11 is 5.62. The standard InChI is InChI=1S/C12H13ClFN3O2S/c13-11-9-10(1-2-12(11)14)20(18,19)17-7-5-16(4-3-15)6-8-17/h1-2,9H,4-8H2. The minimum absolute atomic E-state index is 0.0161. The number of rotatable bonds is 3. The molecule has 1 aromatic rings. The molecule has 0 radical (unpaired) electrons. The Labute approximate surface area is 122 Å². The first-order chi connectivity index (χ1) is 9.45. The minimum atomic E-state index is -3.67. The smallest absolute Gasteiger partial charge is 0.243 e. The van der Waals surface area contributed by atoms with E-state index < -0.39 is 15.8 Å². The van der Waals surface area contributed by atoms with E-state index in [1.807, 2.05) is 11.0 Å². The van der Waals surface area contributed by atoms with Gasteiger partial charge in [0.15, 0.2) is 0 Å². The van der Waals surface area contributed by atoms with Gasteiger partial charge in [0, 0.05) is 26.2 Å². The Morgan fingerprint density at radius 3 is 2.50 bits per heavy atom. The van der Waals surface area contributed by atoms with Gasteiger partial charge >= 0.3 is 0 Å². The van der Waals surface area contributed by atoms with Gasteiger partial charge in [-0.2, -0.15) is 9.57 Å². The zero-order chi connectivity index (χ0) is 14.8. The van der Waals surface area contributed by atoms with E-state index in [1.54, 1.807) is 0 Å². The second-order valence-electron chi connectivity index (χ2n) is 4.41. The lowest BCUT2D eigenvalue weighted by Crippen LogP contribution is -2.48. The van der Waals surface area contributed by atoms with Crippen molar-refractivity contribution in [3.05, 3.63) is 29.0 Å². The molecule has 0 saturated carbocycles. The second kappa shape index (κ2) is 6.06. The third-order valence-electron chi connectivity index (χ3n) is 3.15. The van der Waals surface area contributed by atoms with Crippen LogP contribution in [0.5, 0.6) is 0 Å². The topological polar surface area (TPSA) is 64.4 Å². The number of nitrogens with zero attached hydrogens (tertiary/aromatic N) is 3. The van der Waals surface area contributed by atoms with Crippen molar-refractivity contribution in [3.8, 4) is 6.07 Å². The maximum Gasteiger partial charge on any atom is 0.243 e. The summed E-state index contributed by atoms with van der Waals surface area (Å²) < 4.78 is 39.2. The van der Waals surface area contributed by atoms with Gasteiger partial charge < -0.3 is 0 Å². The first kappa shape index (κ1) is 15.2. The molecule has 5 nitrogen and oxygen atoms in total. The van der Waals surface area contributed by atoms with E-state index in [0.717, 1.165) is 12.1 Å². The Hall–Kier alpha value is -1.20. The van der Waals surface area contributed by atoms with Gasteiger partial charge in [-0.3, -0.25) is 4.90 Å². The average Bonchev–Trinajstić information content (AvgIpc) is 2.43. The number of hydrogen-bond acceptors (Lipinski definition) is 4. The SMILES string of the molecule is N#CCN1CCN(S(=O)(=O)c2ccc(F)c(Cl)c2)CC1. The van der Waals surface area contributed by atoms with Crippen LogP contribution in [0.25, 0.3) is 0 Å². The zero-order valence-corrected chi connectivity index (χ0v) is 12.2. The van der Waals surface area contributed by atoms with Crippen LogP contribution in [0.2, 0.25) is 5.02 Å². The summed E-state index contributed by atoms with van der Waals surface area (Å²) in [5.74, 6) is -0.649. The Bertz CT molecular complexity index is 637. The molecular weight excluding hydrogens is 305 g/mol. The fourth-order valence-electron chi connectivity index (χ4n) is 2.01. The number of sulfonamides is 1. The van der Waals surface area contributed by atoms with Crippen LogP contribution in [0, 0.1) is 17.1 Å². The quantitative estimate of drug-likeness (QED) is 0.789. The molecule has 1 aliphatic heterocycles. The van der Waals surface area contributed by atoms with Gasteiger partial charge in [0.05, 0.1) is 22.5 Å². The molecule has 0 atom stereocenters. The van der Waals surface area contributed by atoms with Crippen LogP contribution in [0.15, 0.2) is 23.1 Å². The Morgan fingerprint density at radius 1 is 1.30 bits per heavy atom. The molecule has 0 bridgehead atoms. The highest BCUT2D eigenvalue weighted by atomic mass is 35.5. The summed E-state index contributed by atoms with van der Waals surface area (Å²) in [5.41, 5.74) is 0. The van der Waals surface area contributed by atoms with E-state index in [0.29, 0.717) is 26.2 Å². The fourth-order valence-corrected chi connectivity index (χ4v) is 3.71. The number of piperazine rings is 1. The lowest BCUT2D eigenvalue weighted by Gasteiger charge is -2.32. The summed E-state index contributed by atoms with van der Waals surface area (Å²) in [6, 6.07) is 5.40. The largest absolute Gasteiger partial charge is 0.288 e. The highest BCUT2D eigenvalue weighted by Crippen LogP contribution is 2.23. The van der Waals surface area contributed by atoms with E-state index in [1.165, 1.54) is 10.4 Å². The van der Waals surface area contributed by atoms with Crippen molar-refractivity contribution in [1.29, 1.82) is 5.26 Å². The molecule has 108 valence electrons. The predicted octanol–water partition coefficient (Wildman–Crippen LogP) is 1.31. The Kier molecular flexibility index (Phi) is 4.60. The molecule has 0 amide bonds. The summed E-state index contributed by atoms with van der Waals surface area (Å²) in [5, 5.41) is 8.39. The van der Waals surface area contributed by atoms with Crippen molar-refractivity contribution < 1.29 is 12.8 Å². The van der Waals surface area contributed by atoms with Crippen LogP contribution >= 0.6 is 11.6 Å². The van der Waals surface area contributed by atoms with E-state index in [9.17, 15) is 12.8 Å². The van der Waals surface area contributed by atoms with Crippen molar-refractivity contribution in [3.63, 3.8) is 0 Å². The molecule has 0 aliphatic carbocycles. The van der Waals surface area contributed by atoms with E-state index in [4.69, 9.17) is 16.9 Å². The van der Waals surface area contributed by atoms with Gasteiger partial charge in [-0.1, -0.05) is 11.6 Å². The first-order valence-electron chi connectivity index (χ1n) is 5.99. The van der Waals surface area contributed by atoms with Gasteiger partial charge in [-0.05, 0) is 18.2 Å². The van der Waals surface area contributed by atoms with E-state index >= 15 is 0 Å². The van der Waals surface area contributed by atoms with Crippen LogP contribution in [-0.2, 0) is 10.0 Å². The molecular formula is C12H13ClFN3O2S. The zero-order valence-electron chi connectivity index (χ0n) is 10.6. The van der Waals surface area contributed by atoms with Gasteiger partial charge in [0.25, 0.3) is 0 Å². The van der Waals surface area contributed by atoms with Crippen molar-refractivity contribution in [1.82, 2.24) is 9.21 Å². The van der Waals surface area contributed by atoms with Crippen molar-refractivity contribution >= 4 is 21.6 Å². The molecule has 1 aliphatic rings. The van der Waals surface area contributed by atoms with Crippen molar-refractivity contribution in [2.24, 2.45) is 0 Å². The summed E-state index contributed by atoms with van der Waals surface area (Å²) in [6.07, 6.45) is 0. The van der Waals surface area contributed by atoms with Crippen LogP contribution in [0.3, 0.4) is 0 Å². The number of hydrogen-bond donors (Lipinski definition) is 0. The van der Waals surface area contributed by atoms with Gasteiger partial charge in [-0.25, -0.2) is 12.8 Å². The Balaban J connectivity index is 2.16. The molecule has 1 heterocycles. The second-order valence-corrected chi connectivity index (χ2v) is 6.76. The lowest BCUT2D eigenvalue weighted by molar-refractivity contribution is 0.206. The maximum absolute atomic E-state index is 13.1. The van der Waals surface area contributed by atoms with Crippen LogP contribution in [-0.4, -0.2) is 50.3 Å². The molecule has 1 saturated heterocycles. The molecule has 0 unspecified atom stereocenters. The molecule has 20 heavy (non-hydrogen) atoms. The molecule has 0 aromatic heterocycles. The number of benzene rings is 1. The highest BCUT2D eigenvalue weighted by molar-refractivity contribution is 7.89. The van der Waals surface area contributed by atoms with Crippen molar-refractivity contribution in [2.45, 2.75) is 4.90 Å². The third kappa shape index (κ3) is 3.10. The molecule has 8 heteroatoms. The van der Waals surface area contributed by atoms with Crippen molar-refractivity contribution in [2.75, 3.05) is 32.7 Å². The summed E-state index contributed by atoms with van der Waals surface area (Å²) in [4.78, 5) is 1.86. The summed E-state index contributed by atoms with van der Waals surface area (Å²) in [6.45, 7) is 1.90. The Morgan fingerprint density at radius 2 is 1.95 bits per heavy atom. The molecule has 0 spiro atoms. The monoisotopic (exact) mass is 317 g/mol. The van der Waals surface area contributed by atoms with Crippen LogP contribution in [0.1, 0.15) is 0 Å². The average molecular weight is 318 g/mol. The summed E-state index contributed by atoms with van der Waals surface area (Å²) in [7, 11) is -3.67. The molecule has 2 rings (SSSR count). The molecule has 1 aromatic carbocycles. The lowest BCUT2D eigenvalue weighted by atomic mass is 10.3. The fraction of sp³-hybridized carbons (Fsp3) is 0.417. The van der Waals surface area contributed by atoms with E-state index in [-0.39, 0.29) is 16.5 Å². The number of nitriles is 1. The maximum atomic E-state index is 13.1. The number of halogens is 2. The third-order valence-corrected chi connectivity index (χ3v) is 5.34. The minimum Gasteiger partial charge on any atom is -0.288 e. The molecule has 0 N–H and O–H groups in total. The predicted molar refractivity (Wildman–Crippen MR) is 72.2 cm³/mol. The van der Waals surface area contributed by atoms with Gasteiger partial charge in [-0.15, -0.1) is 0 Å². The first-order valence-corrected chi connectivity index (χ1v) is 7.81. The van der Waals surface area contributed by atoms with Gasteiger partial charge in [0.2, 0.25) is 10.0 Å². The molecule has 1 fully saturated rings. The van der Waals surface area contributed by atoms with Gasteiger partial charge in [0.1, 0.15) is 5.82 Å². The van der Waals surface area contributed by atoms with E-state index in [2.05, 4.69) is 0 Å². The highest BCUT2D eigenvalue weighted by Gasteiger charge is 2.28. The normalized spacial score (nSPS) is 17.9.